The summed E-state index contributed by atoms with van der Waals surface area (Å²) in [5.41, 5.74) is 16.0. The number of hydrogen-bond donors (Lipinski definition) is 7. The number of benzene rings is 6. The van der Waals surface area contributed by atoms with Gasteiger partial charge in [-0.25, -0.2) is 31.4 Å². The number of sulfonamides is 2. The van der Waals surface area contributed by atoms with Crippen LogP contribution in [0.4, 0.5) is 20.4 Å². The highest BCUT2D eigenvalue weighted by molar-refractivity contribution is 8.00. The van der Waals surface area contributed by atoms with Crippen LogP contribution >= 0.6 is 23.1 Å². The van der Waals surface area contributed by atoms with Crippen LogP contribution in [0.1, 0.15) is 49.9 Å². The quantitative estimate of drug-likeness (QED) is 0.0299. The van der Waals surface area contributed by atoms with Crippen LogP contribution in [0.3, 0.4) is 0 Å². The van der Waals surface area contributed by atoms with Crippen LogP contribution < -0.4 is 27.4 Å². The highest BCUT2D eigenvalue weighted by Crippen LogP contribution is 2.38. The lowest BCUT2D eigenvalue weighted by atomic mass is 10.0. The van der Waals surface area contributed by atoms with E-state index in [1.165, 1.54) is 26.4 Å². The second kappa shape index (κ2) is 28.7. The van der Waals surface area contributed by atoms with Gasteiger partial charge in [0.1, 0.15) is 23.6 Å². The monoisotopic (exact) mass is 1170 g/mol. The number of ether oxygens (including phenoxy) is 2. The third-order valence-electron chi connectivity index (χ3n) is 12.6. The molecular formula is C58H70N8O10S4. The molecule has 80 heavy (non-hydrogen) atoms. The van der Waals surface area contributed by atoms with E-state index < -0.39 is 56.5 Å². The predicted octanol–water partition coefficient (Wildman–Crippen LogP) is 8.42. The van der Waals surface area contributed by atoms with Crippen LogP contribution in [0.15, 0.2) is 172 Å². The highest BCUT2D eigenvalue weighted by atomic mass is 32.2. The molecule has 0 saturated carbocycles. The first-order valence-electron chi connectivity index (χ1n) is 26.1. The number of nitrogens with zero attached hydrogens (tertiary/aromatic N) is 3. The molecular weight excluding hydrogens is 1100 g/mol. The predicted molar refractivity (Wildman–Crippen MR) is 315 cm³/mol. The first-order chi connectivity index (χ1) is 38.2. The summed E-state index contributed by atoms with van der Waals surface area (Å²) in [5, 5.41) is 31.7. The summed E-state index contributed by atoms with van der Waals surface area (Å²) in [5.74, 6) is -0.0287. The number of alkyl carbamates (subject to hydrolysis) is 2. The van der Waals surface area contributed by atoms with E-state index in [4.69, 9.17) is 20.9 Å². The zero-order valence-electron chi connectivity index (χ0n) is 45.0. The standard InChI is InChI=1S/C29H34N4O5S2.C29H36N4O5S2/c1-20(2)17-33(40(36,37)26-15-9-14-23-27(26)39-28(30)31-23)18-25(34)24(16-21-10-5-3-6-11-21)32-29(35)38-19-22-12-7-4-8-13-22;1-20(2)17-33(40(36,37)23-13-14-27-25(16-23)31-28(30)39-27)18-26(34)24(15-21-9-5-3-6-10-21)32-29(35)38-19-22-11-7-4-8-12-22/h3-15,20,24-25,34H,16-19H2,1-2H3,(H2,30,31)(H,32,35);3-14,16,20,24,26,28,31,34H,15,17-19,30H2,1-2H3,(H,32,35)/t24-,25+;24-,26+,28?/m00/s1. The molecule has 7 aromatic rings. The maximum absolute atomic E-state index is 13.9. The van der Waals surface area contributed by atoms with Gasteiger partial charge in [-0.3, -0.25) is 0 Å². The molecule has 1 aliphatic heterocycles. The van der Waals surface area contributed by atoms with E-state index in [2.05, 4.69) is 20.9 Å². The summed E-state index contributed by atoms with van der Waals surface area (Å²) in [6.07, 6.45) is -3.28. The van der Waals surface area contributed by atoms with E-state index in [0.717, 1.165) is 38.5 Å². The van der Waals surface area contributed by atoms with Crippen molar-refractivity contribution in [1.82, 2.24) is 24.2 Å². The molecule has 0 fully saturated rings. The van der Waals surface area contributed by atoms with Crippen molar-refractivity contribution < 1.29 is 46.1 Å². The second-order valence-electron chi connectivity index (χ2n) is 20.1. The Morgan fingerprint density at radius 2 is 1.07 bits per heavy atom. The summed E-state index contributed by atoms with van der Waals surface area (Å²) in [4.78, 5) is 30.8. The summed E-state index contributed by atoms with van der Waals surface area (Å²) >= 11 is 2.52. The average molecular weight is 1170 g/mol. The number of thioether (sulfide) groups is 1. The molecule has 18 nitrogen and oxygen atoms in total. The van der Waals surface area contributed by atoms with Gasteiger partial charge in [-0.2, -0.15) is 8.61 Å². The van der Waals surface area contributed by atoms with Gasteiger partial charge in [-0.05, 0) is 77.3 Å². The van der Waals surface area contributed by atoms with Crippen molar-refractivity contribution >= 4 is 76.4 Å². The molecule has 0 aliphatic carbocycles. The van der Waals surface area contributed by atoms with Crippen molar-refractivity contribution in [2.24, 2.45) is 17.6 Å². The number of aliphatic hydroxyl groups is 2. The first kappa shape index (κ1) is 61.0. The van der Waals surface area contributed by atoms with Crippen molar-refractivity contribution in [3.63, 3.8) is 0 Å². The van der Waals surface area contributed by atoms with Gasteiger partial charge in [-0.15, -0.1) is 0 Å². The Morgan fingerprint density at radius 3 is 1.54 bits per heavy atom. The van der Waals surface area contributed by atoms with E-state index in [1.807, 2.05) is 149 Å². The Bertz CT molecular complexity index is 3330. The molecule has 9 N–H and O–H groups in total. The molecule has 1 aromatic heterocycles. The zero-order chi connectivity index (χ0) is 57.4. The molecule has 5 atom stereocenters. The smallest absolute Gasteiger partial charge is 0.407 e. The van der Waals surface area contributed by atoms with Crippen molar-refractivity contribution in [2.45, 2.75) is 98.2 Å². The Hall–Kier alpha value is -6.60. The molecule has 2 amide bonds. The Kier molecular flexibility index (Phi) is 21.9. The Morgan fingerprint density at radius 1 is 0.625 bits per heavy atom. The fourth-order valence-electron chi connectivity index (χ4n) is 8.80. The molecule has 6 aromatic carbocycles. The van der Waals surface area contributed by atoms with E-state index in [1.54, 1.807) is 30.3 Å². The number of rotatable bonds is 24. The van der Waals surface area contributed by atoms with Gasteiger partial charge in [0.25, 0.3) is 0 Å². The van der Waals surface area contributed by atoms with Gasteiger partial charge in [0.05, 0.1) is 45.1 Å². The number of carbonyl (C=O) groups is 2. The zero-order valence-corrected chi connectivity index (χ0v) is 48.3. The molecule has 1 unspecified atom stereocenters. The lowest BCUT2D eigenvalue weighted by Crippen LogP contribution is -2.51. The number of nitrogens with two attached hydrogens (primary N) is 2. The van der Waals surface area contributed by atoms with E-state index in [9.17, 15) is 36.6 Å². The summed E-state index contributed by atoms with van der Waals surface area (Å²) in [6.45, 7) is 7.68. The molecule has 0 bridgehead atoms. The maximum atomic E-state index is 13.9. The normalized spacial score (nSPS) is 14.9. The van der Waals surface area contributed by atoms with Crippen LogP contribution in [0.2, 0.25) is 0 Å². The number of anilines is 2. The SMILES string of the molecule is CC(C)CN(C[C@@H](O)[C@H](Cc1ccccc1)NC(=O)OCc1ccccc1)S(=O)(=O)c1ccc2c(c1)NC(N)S2.CC(C)CN(C[C@@H](O)[C@H](Cc1ccccc1)NC(=O)OCc1ccccc1)S(=O)(=O)c1cccc2nc(N)sc12. The van der Waals surface area contributed by atoms with Crippen molar-refractivity contribution in [2.75, 3.05) is 37.2 Å². The van der Waals surface area contributed by atoms with Crippen LogP contribution in [-0.2, 0) is 55.6 Å². The number of amides is 2. The van der Waals surface area contributed by atoms with Gasteiger partial charge in [0, 0.05) is 31.1 Å². The number of carbonyl (C=O) groups excluding carboxylic acids is 2. The number of thiazole rings is 1. The molecule has 0 radical (unpaired) electrons. The number of hydrogen-bond acceptors (Lipinski definition) is 16. The fourth-order valence-corrected chi connectivity index (χ4v) is 14.2. The lowest BCUT2D eigenvalue weighted by molar-refractivity contribution is 0.0873. The molecule has 8 rings (SSSR count). The van der Waals surface area contributed by atoms with Gasteiger partial charge in [0.15, 0.2) is 5.13 Å². The van der Waals surface area contributed by atoms with Gasteiger partial charge in [0.2, 0.25) is 20.0 Å². The minimum atomic E-state index is -4.04. The molecule has 0 saturated heterocycles. The number of aliphatic hydroxyl groups excluding tert-OH is 2. The molecule has 2 heterocycles. The minimum absolute atomic E-state index is 0.00475. The molecule has 1 aliphatic rings. The lowest BCUT2D eigenvalue weighted by Gasteiger charge is -2.30. The molecule has 0 spiro atoms. The van der Waals surface area contributed by atoms with Crippen LogP contribution in [0.25, 0.3) is 10.2 Å². The summed E-state index contributed by atoms with van der Waals surface area (Å²) in [7, 11) is -8.01. The Balaban J connectivity index is 0.000000231. The number of aromatic nitrogens is 1. The molecule has 22 heteroatoms. The summed E-state index contributed by atoms with van der Waals surface area (Å²) < 4.78 is 69.2. The van der Waals surface area contributed by atoms with Crippen LogP contribution in [0, 0.1) is 11.8 Å². The number of nitrogens with one attached hydrogen (secondary N) is 3. The van der Waals surface area contributed by atoms with Crippen LogP contribution in [-0.4, -0.2) is 109 Å². The van der Waals surface area contributed by atoms with E-state index >= 15 is 0 Å². The Labute approximate surface area is 477 Å². The minimum Gasteiger partial charge on any atom is -0.445 e. The van der Waals surface area contributed by atoms with E-state index in [0.29, 0.717) is 15.9 Å². The molecule has 426 valence electrons. The topological polar surface area (TPSA) is 269 Å². The fraction of sp³-hybridized carbons (Fsp3) is 0.328. The first-order valence-corrected chi connectivity index (χ1v) is 30.7. The third kappa shape index (κ3) is 17.5. The highest BCUT2D eigenvalue weighted by Gasteiger charge is 2.35. The van der Waals surface area contributed by atoms with Gasteiger partial charge in [-0.1, -0.05) is 178 Å². The maximum Gasteiger partial charge on any atom is 0.407 e. The van der Waals surface area contributed by atoms with Crippen molar-refractivity contribution in [3.8, 4) is 0 Å². The van der Waals surface area contributed by atoms with Crippen molar-refractivity contribution in [3.05, 3.63) is 180 Å². The van der Waals surface area contributed by atoms with Crippen LogP contribution in [0.5, 0.6) is 0 Å². The average Bonchev–Trinajstić information content (AvgIpc) is 4.02. The number of fused-ring (bicyclic) bond motifs is 2. The summed E-state index contributed by atoms with van der Waals surface area (Å²) in [6, 6.07) is 45.4. The van der Waals surface area contributed by atoms with Gasteiger partial charge >= 0.3 is 12.2 Å². The largest absolute Gasteiger partial charge is 0.445 e. The van der Waals surface area contributed by atoms with Crippen molar-refractivity contribution in [1.29, 1.82) is 0 Å². The second-order valence-corrected chi connectivity index (χ2v) is 26.1. The van der Waals surface area contributed by atoms with Gasteiger partial charge < -0.3 is 47.1 Å². The van der Waals surface area contributed by atoms with E-state index in [-0.39, 0.29) is 84.5 Å². The number of nitrogen functional groups attached to an aromatic ring is 1. The third-order valence-corrected chi connectivity index (χ3v) is 18.4.